The van der Waals surface area contributed by atoms with Crippen LogP contribution in [0.5, 0.6) is 0 Å². The van der Waals surface area contributed by atoms with Gasteiger partial charge in [0.1, 0.15) is 23.8 Å². The van der Waals surface area contributed by atoms with Gasteiger partial charge in [-0.2, -0.15) is 0 Å². The van der Waals surface area contributed by atoms with Gasteiger partial charge in [0, 0.05) is 19.9 Å². The van der Waals surface area contributed by atoms with Crippen molar-refractivity contribution >= 4 is 15.4 Å². The number of hydrogen-bond donors (Lipinski definition) is 5. The van der Waals surface area contributed by atoms with Crippen LogP contribution in [0.2, 0.25) is 0 Å². The van der Waals surface area contributed by atoms with Crippen molar-refractivity contribution in [3.8, 4) is 0 Å². The van der Waals surface area contributed by atoms with E-state index in [-0.39, 0.29) is 5.49 Å². The van der Waals surface area contributed by atoms with Gasteiger partial charge in [0.2, 0.25) is 0 Å². The maximum atomic E-state index is 12.1. The van der Waals surface area contributed by atoms with E-state index in [0.29, 0.717) is 6.66 Å². The van der Waals surface area contributed by atoms with Gasteiger partial charge < -0.3 is 24.7 Å². The van der Waals surface area contributed by atoms with Gasteiger partial charge in [-0.3, -0.25) is 23.6 Å². The molecule has 0 spiro atoms. The zero-order valence-corrected chi connectivity index (χ0v) is 15.5. The van der Waals surface area contributed by atoms with E-state index in [4.69, 9.17) is 15.0 Å². The van der Waals surface area contributed by atoms with Gasteiger partial charge >= 0.3 is 21.1 Å². The second-order valence-electron chi connectivity index (χ2n) is 5.65. The van der Waals surface area contributed by atoms with E-state index in [9.17, 15) is 29.0 Å². The van der Waals surface area contributed by atoms with Crippen LogP contribution in [0.3, 0.4) is 0 Å². The Balaban J connectivity index is 2.14. The first-order valence-corrected chi connectivity index (χ1v) is 10.7. The third-order valence-electron chi connectivity index (χ3n) is 3.53. The van der Waals surface area contributed by atoms with Gasteiger partial charge in [0.15, 0.2) is 6.23 Å². The van der Waals surface area contributed by atoms with Gasteiger partial charge in [-0.05, 0) is 6.07 Å². The summed E-state index contributed by atoms with van der Waals surface area (Å²) in [7, 11) is -7.89. The van der Waals surface area contributed by atoms with Crippen molar-refractivity contribution in [2.24, 2.45) is 7.05 Å². The molecule has 0 aromatic carbocycles. The largest absolute Gasteiger partial charge is 0.479 e. The van der Waals surface area contributed by atoms with Gasteiger partial charge in [0.25, 0.3) is 0 Å². The molecule has 0 saturated carbocycles. The highest BCUT2D eigenvalue weighted by molar-refractivity contribution is 7.63. The molecule has 1 aliphatic heterocycles. The van der Waals surface area contributed by atoms with Crippen LogP contribution in [-0.4, -0.2) is 60.7 Å². The number of phosphoric ester groups is 1. The van der Waals surface area contributed by atoms with Crippen molar-refractivity contribution in [2.45, 2.75) is 24.5 Å². The smallest absolute Gasteiger partial charge is 0.387 e. The fraction of sp³-hybridized carbons (Fsp3) is 0.636. The van der Waals surface area contributed by atoms with E-state index >= 15 is 0 Å². The molecule has 6 atom stereocenters. The van der Waals surface area contributed by atoms with Gasteiger partial charge in [-0.25, -0.2) is 13.7 Å². The summed E-state index contributed by atoms with van der Waals surface area (Å²) in [6.07, 6.45) is -4.65. The Morgan fingerprint density at radius 1 is 1.31 bits per heavy atom. The Kier molecular flexibility index (Phi) is 6.08. The van der Waals surface area contributed by atoms with E-state index < -0.39 is 52.3 Å². The second kappa shape index (κ2) is 7.47. The summed E-state index contributed by atoms with van der Waals surface area (Å²) in [5, 5.41) is 27.6. The predicted octanol–water partition coefficient (Wildman–Crippen LogP) is -1.77. The number of nitrogens with zero attached hydrogens (tertiary/aromatic N) is 2. The Bertz CT molecular complexity index is 876. The Morgan fingerprint density at radius 2 is 1.92 bits per heavy atom. The van der Waals surface area contributed by atoms with E-state index in [1.54, 1.807) is 0 Å². The lowest BCUT2D eigenvalue weighted by Gasteiger charge is -2.18. The first-order chi connectivity index (χ1) is 11.8. The van der Waals surface area contributed by atoms with Crippen LogP contribution in [0.1, 0.15) is 6.23 Å². The standard InChI is InChI=1S/C11H19N3O10P2/c1-13-7(12)3-4-14(11(13)17)10-9(16)8(15)6(23-10)5-22-26(20,21)24-25(2,18)19/h3-4,6,8-10,12,15-16H,5H2,1-2H3,(H,18,19)(H,20,21)/t6-,8?,9?,10-/m1/s1. The lowest BCUT2D eigenvalue weighted by molar-refractivity contribution is -0.0546. The molecule has 1 aromatic rings. The topological polar surface area (TPSA) is 194 Å². The summed E-state index contributed by atoms with van der Waals surface area (Å²) >= 11 is 0. The summed E-state index contributed by atoms with van der Waals surface area (Å²) in [5.74, 6) is 0. The van der Waals surface area contributed by atoms with Crippen LogP contribution < -0.4 is 11.2 Å². The highest BCUT2D eigenvalue weighted by atomic mass is 31.3. The maximum Gasteiger partial charge on any atom is 0.479 e. The van der Waals surface area contributed by atoms with Crippen LogP contribution in [-0.2, 0) is 29.7 Å². The number of phosphoric acid groups is 1. The minimum Gasteiger partial charge on any atom is -0.387 e. The summed E-state index contributed by atoms with van der Waals surface area (Å²) in [5.41, 5.74) is -0.788. The third-order valence-corrected chi connectivity index (χ3v) is 6.04. The van der Waals surface area contributed by atoms with Crippen molar-refractivity contribution in [2.75, 3.05) is 13.3 Å². The van der Waals surface area contributed by atoms with Crippen molar-refractivity contribution < 1.29 is 42.7 Å². The molecule has 2 rings (SSSR count). The summed E-state index contributed by atoms with van der Waals surface area (Å²) in [6.45, 7) is -0.0811. The van der Waals surface area contributed by atoms with E-state index in [0.717, 1.165) is 9.13 Å². The number of hydrogen-bond acceptors (Lipinski definition) is 9. The normalized spacial score (nSPS) is 30.7. The lowest BCUT2D eigenvalue weighted by Crippen LogP contribution is -2.41. The number of aliphatic hydroxyl groups is 2. The van der Waals surface area contributed by atoms with Crippen molar-refractivity contribution in [1.82, 2.24) is 9.13 Å². The van der Waals surface area contributed by atoms with Crippen molar-refractivity contribution in [3.05, 3.63) is 28.2 Å². The molecule has 5 N–H and O–H groups in total. The molecule has 1 aliphatic rings. The lowest BCUT2D eigenvalue weighted by atomic mass is 10.1. The first-order valence-electron chi connectivity index (χ1n) is 7.16. The monoisotopic (exact) mass is 415 g/mol. The molecule has 13 nitrogen and oxygen atoms in total. The highest BCUT2D eigenvalue weighted by Crippen LogP contribution is 2.58. The molecule has 0 radical (unpaired) electrons. The van der Waals surface area contributed by atoms with E-state index in [2.05, 4.69) is 8.83 Å². The molecular weight excluding hydrogens is 396 g/mol. The minimum atomic E-state index is -4.91. The first kappa shape index (κ1) is 21.2. The Morgan fingerprint density at radius 3 is 2.50 bits per heavy atom. The molecular formula is C11H19N3O10P2. The number of aromatic nitrogens is 2. The zero-order valence-electron chi connectivity index (χ0n) is 13.7. The van der Waals surface area contributed by atoms with Crippen molar-refractivity contribution in [3.63, 3.8) is 0 Å². The highest BCUT2D eigenvalue weighted by Gasteiger charge is 2.45. The van der Waals surface area contributed by atoms with Crippen LogP contribution in [0.25, 0.3) is 0 Å². The molecule has 0 amide bonds. The van der Waals surface area contributed by atoms with Crippen LogP contribution in [0.4, 0.5) is 0 Å². The molecule has 0 bridgehead atoms. The summed E-state index contributed by atoms with van der Waals surface area (Å²) < 4.78 is 38.3. The maximum absolute atomic E-state index is 12.1. The fourth-order valence-corrected chi connectivity index (χ4v) is 4.33. The van der Waals surface area contributed by atoms with Gasteiger partial charge in [0.05, 0.1) is 6.61 Å². The molecule has 2 heterocycles. The molecule has 26 heavy (non-hydrogen) atoms. The number of ether oxygens (including phenoxy) is 1. The summed E-state index contributed by atoms with van der Waals surface area (Å²) in [4.78, 5) is 30.5. The van der Waals surface area contributed by atoms with Crippen LogP contribution >= 0.6 is 15.4 Å². The summed E-state index contributed by atoms with van der Waals surface area (Å²) in [6, 6.07) is 1.27. The van der Waals surface area contributed by atoms with Crippen LogP contribution in [0, 0.1) is 5.41 Å². The number of aliphatic hydroxyl groups excluding tert-OH is 2. The van der Waals surface area contributed by atoms with Gasteiger partial charge in [-0.15, -0.1) is 0 Å². The molecule has 148 valence electrons. The molecule has 0 aliphatic carbocycles. The molecule has 15 heteroatoms. The molecule has 1 aromatic heterocycles. The Labute approximate surface area is 146 Å². The second-order valence-corrected chi connectivity index (χ2v) is 9.10. The average Bonchev–Trinajstić information content (AvgIpc) is 2.77. The minimum absolute atomic E-state index is 0.0921. The zero-order chi connectivity index (χ0) is 19.9. The SMILES string of the molecule is Cn1c(=N)ccn([C@@H]2O[C@H](COP(=O)(O)OP(C)(=O)O)C(O)C2O)c1=O. The molecule has 1 saturated heterocycles. The number of nitrogens with one attached hydrogen (secondary N) is 1. The van der Waals surface area contributed by atoms with Crippen molar-refractivity contribution in [1.29, 1.82) is 5.41 Å². The van der Waals surface area contributed by atoms with Crippen LogP contribution in [0.15, 0.2) is 17.1 Å². The van der Waals surface area contributed by atoms with Gasteiger partial charge in [-0.1, -0.05) is 0 Å². The number of rotatable bonds is 6. The average molecular weight is 415 g/mol. The quantitative estimate of drug-likeness (QED) is 0.332. The third kappa shape index (κ3) is 4.77. The fourth-order valence-electron chi connectivity index (χ4n) is 2.28. The van der Waals surface area contributed by atoms with E-state index in [1.165, 1.54) is 19.3 Å². The Hall–Kier alpha value is -1.14. The molecule has 4 unspecified atom stereocenters. The van der Waals surface area contributed by atoms with E-state index in [1.807, 2.05) is 0 Å². The molecule has 1 fully saturated rings. The predicted molar refractivity (Wildman–Crippen MR) is 84.1 cm³/mol.